The summed E-state index contributed by atoms with van der Waals surface area (Å²) in [5.41, 5.74) is 0.785. The highest BCUT2D eigenvalue weighted by Crippen LogP contribution is 2.24. The molecular weight excluding hydrogens is 250 g/mol. The number of rotatable bonds is 4. The Hall–Kier alpha value is -1.94. The molecule has 0 aromatic heterocycles. The van der Waals surface area contributed by atoms with Crippen LogP contribution in [0.2, 0.25) is 0 Å². The number of hydrogen-bond acceptors (Lipinski definition) is 2. The predicted octanol–water partition coefficient (Wildman–Crippen LogP) is 3.25. The van der Waals surface area contributed by atoms with Gasteiger partial charge in [0.15, 0.2) is 0 Å². The molecule has 2 rings (SSSR count). The fourth-order valence-electron chi connectivity index (χ4n) is 1.90. The number of aliphatic hydroxyl groups is 1. The lowest BCUT2D eigenvalue weighted by atomic mass is 10.0. The minimum atomic E-state index is -1.02. The van der Waals surface area contributed by atoms with Crippen LogP contribution in [0.3, 0.4) is 0 Å². The molecule has 0 heterocycles. The van der Waals surface area contributed by atoms with E-state index in [0.717, 1.165) is 0 Å². The molecule has 2 aromatic rings. The molecule has 0 amide bonds. The molecule has 0 saturated heterocycles. The first kappa shape index (κ1) is 13.5. The van der Waals surface area contributed by atoms with Gasteiger partial charge in [0.2, 0.25) is 0 Å². The first-order valence-electron chi connectivity index (χ1n) is 5.86. The van der Waals surface area contributed by atoms with Crippen molar-refractivity contribution in [1.29, 1.82) is 0 Å². The predicted molar refractivity (Wildman–Crippen MR) is 68.0 cm³/mol. The number of halogens is 2. The van der Waals surface area contributed by atoms with Crippen molar-refractivity contribution in [2.45, 2.75) is 12.5 Å². The number of benzene rings is 2. The topological polar surface area (TPSA) is 29.5 Å². The lowest BCUT2D eigenvalue weighted by Gasteiger charge is -2.13. The molecule has 0 aliphatic rings. The van der Waals surface area contributed by atoms with Gasteiger partial charge in [0.05, 0.1) is 13.2 Å². The monoisotopic (exact) mass is 264 g/mol. The fourth-order valence-corrected chi connectivity index (χ4v) is 1.90. The lowest BCUT2D eigenvalue weighted by molar-refractivity contribution is 0.173. The van der Waals surface area contributed by atoms with Gasteiger partial charge in [-0.25, -0.2) is 8.78 Å². The smallest absolute Gasteiger partial charge is 0.132 e. The maximum Gasteiger partial charge on any atom is 0.132 e. The van der Waals surface area contributed by atoms with Crippen LogP contribution in [-0.4, -0.2) is 12.2 Å². The molecule has 0 fully saturated rings. The summed E-state index contributed by atoms with van der Waals surface area (Å²) in [7, 11) is 1.44. The highest BCUT2D eigenvalue weighted by atomic mass is 19.1. The molecule has 2 nitrogen and oxygen atoms in total. The highest BCUT2D eigenvalue weighted by molar-refractivity contribution is 5.31. The Labute approximate surface area is 110 Å². The van der Waals surface area contributed by atoms with E-state index in [2.05, 4.69) is 0 Å². The summed E-state index contributed by atoms with van der Waals surface area (Å²) >= 11 is 0. The molecule has 4 heteroatoms. The van der Waals surface area contributed by atoms with Crippen LogP contribution in [0.5, 0.6) is 5.75 Å². The Bertz CT molecular complexity index is 570. The first-order valence-corrected chi connectivity index (χ1v) is 5.86. The largest absolute Gasteiger partial charge is 0.497 e. The van der Waals surface area contributed by atoms with Gasteiger partial charge in [-0.05, 0) is 29.8 Å². The number of aliphatic hydroxyl groups excluding tert-OH is 1. The van der Waals surface area contributed by atoms with Crippen molar-refractivity contribution >= 4 is 0 Å². The van der Waals surface area contributed by atoms with E-state index in [0.29, 0.717) is 11.3 Å². The Morgan fingerprint density at radius 2 is 1.95 bits per heavy atom. The second kappa shape index (κ2) is 5.80. The van der Waals surface area contributed by atoms with Gasteiger partial charge < -0.3 is 9.84 Å². The Morgan fingerprint density at radius 3 is 2.58 bits per heavy atom. The molecule has 1 atom stereocenters. The second-order valence-corrected chi connectivity index (χ2v) is 4.24. The summed E-state index contributed by atoms with van der Waals surface area (Å²) in [5.74, 6) is -0.526. The zero-order valence-corrected chi connectivity index (χ0v) is 10.4. The summed E-state index contributed by atoms with van der Waals surface area (Å²) in [6.45, 7) is 0. The molecule has 19 heavy (non-hydrogen) atoms. The summed E-state index contributed by atoms with van der Waals surface area (Å²) in [5, 5.41) is 10.0. The fraction of sp³-hybridized carbons (Fsp3) is 0.200. The molecule has 2 aromatic carbocycles. The van der Waals surface area contributed by atoms with Gasteiger partial charge >= 0.3 is 0 Å². The summed E-state index contributed by atoms with van der Waals surface area (Å²) in [6.07, 6.45) is -0.867. The third-order valence-corrected chi connectivity index (χ3v) is 2.88. The second-order valence-electron chi connectivity index (χ2n) is 4.24. The van der Waals surface area contributed by atoms with E-state index in [1.165, 1.54) is 31.4 Å². The van der Waals surface area contributed by atoms with Crippen LogP contribution in [0, 0.1) is 11.6 Å². The van der Waals surface area contributed by atoms with E-state index in [1.54, 1.807) is 18.2 Å². The van der Waals surface area contributed by atoms with Gasteiger partial charge in [-0.15, -0.1) is 0 Å². The number of methoxy groups -OCH3 is 1. The van der Waals surface area contributed by atoms with Gasteiger partial charge in [-0.1, -0.05) is 12.1 Å². The maximum atomic E-state index is 13.8. The molecule has 0 aliphatic carbocycles. The van der Waals surface area contributed by atoms with Gasteiger partial charge in [-0.2, -0.15) is 0 Å². The summed E-state index contributed by atoms with van der Waals surface area (Å²) < 4.78 is 31.7. The Kier molecular flexibility index (Phi) is 4.12. The van der Waals surface area contributed by atoms with Crippen LogP contribution in [0.25, 0.3) is 0 Å². The summed E-state index contributed by atoms with van der Waals surface area (Å²) in [4.78, 5) is 0. The Balaban J connectivity index is 2.18. The van der Waals surface area contributed by atoms with E-state index >= 15 is 0 Å². The minimum Gasteiger partial charge on any atom is -0.497 e. The Morgan fingerprint density at radius 1 is 1.16 bits per heavy atom. The van der Waals surface area contributed by atoms with Crippen molar-refractivity contribution in [3.63, 3.8) is 0 Å². The van der Waals surface area contributed by atoms with Gasteiger partial charge in [0.25, 0.3) is 0 Å². The molecule has 0 spiro atoms. The molecule has 100 valence electrons. The maximum absolute atomic E-state index is 13.8. The molecule has 0 bridgehead atoms. The molecule has 0 radical (unpaired) electrons. The van der Waals surface area contributed by atoms with E-state index in [-0.39, 0.29) is 17.8 Å². The molecule has 0 aliphatic heterocycles. The molecule has 1 N–H and O–H groups in total. The van der Waals surface area contributed by atoms with Crippen LogP contribution < -0.4 is 4.74 Å². The molecular formula is C15H14F2O2. The number of hydrogen-bond donors (Lipinski definition) is 1. The van der Waals surface area contributed by atoms with Gasteiger partial charge in [-0.3, -0.25) is 0 Å². The van der Waals surface area contributed by atoms with Gasteiger partial charge in [0.1, 0.15) is 17.4 Å². The quantitative estimate of drug-likeness (QED) is 0.918. The average Bonchev–Trinajstić information content (AvgIpc) is 2.38. The van der Waals surface area contributed by atoms with Crippen LogP contribution in [0.4, 0.5) is 8.78 Å². The third kappa shape index (κ3) is 3.29. The SMILES string of the molecule is COc1ccc(C(O)Cc2cccc(F)c2)c(F)c1. The van der Waals surface area contributed by atoms with E-state index in [1.807, 2.05) is 0 Å². The third-order valence-electron chi connectivity index (χ3n) is 2.88. The van der Waals surface area contributed by atoms with Crippen LogP contribution in [0.1, 0.15) is 17.2 Å². The lowest BCUT2D eigenvalue weighted by Crippen LogP contribution is -2.05. The molecule has 0 saturated carbocycles. The van der Waals surface area contributed by atoms with Crippen molar-refractivity contribution in [3.05, 3.63) is 65.2 Å². The van der Waals surface area contributed by atoms with Crippen molar-refractivity contribution < 1.29 is 18.6 Å². The van der Waals surface area contributed by atoms with Crippen molar-refractivity contribution in [1.82, 2.24) is 0 Å². The van der Waals surface area contributed by atoms with Crippen molar-refractivity contribution in [2.75, 3.05) is 7.11 Å². The average molecular weight is 264 g/mol. The zero-order valence-electron chi connectivity index (χ0n) is 10.4. The van der Waals surface area contributed by atoms with E-state index in [4.69, 9.17) is 4.74 Å². The van der Waals surface area contributed by atoms with Crippen molar-refractivity contribution in [3.8, 4) is 5.75 Å². The van der Waals surface area contributed by atoms with E-state index in [9.17, 15) is 13.9 Å². The normalized spacial score (nSPS) is 12.2. The van der Waals surface area contributed by atoms with Crippen LogP contribution in [0.15, 0.2) is 42.5 Å². The highest BCUT2D eigenvalue weighted by Gasteiger charge is 2.14. The standard InChI is InChI=1S/C15H14F2O2/c1-19-12-5-6-13(14(17)9-12)15(18)8-10-3-2-4-11(16)7-10/h2-7,9,15,18H,8H2,1H3. The van der Waals surface area contributed by atoms with Crippen molar-refractivity contribution in [2.24, 2.45) is 0 Å². The van der Waals surface area contributed by atoms with Crippen LogP contribution >= 0.6 is 0 Å². The zero-order chi connectivity index (χ0) is 13.8. The van der Waals surface area contributed by atoms with Crippen LogP contribution in [-0.2, 0) is 6.42 Å². The summed E-state index contributed by atoms with van der Waals surface area (Å²) in [6, 6.07) is 10.2. The first-order chi connectivity index (χ1) is 9.10. The van der Waals surface area contributed by atoms with Gasteiger partial charge in [0, 0.05) is 18.1 Å². The van der Waals surface area contributed by atoms with E-state index < -0.39 is 11.9 Å². The molecule has 1 unspecified atom stereocenters. The minimum absolute atomic E-state index is 0.154. The number of ether oxygens (including phenoxy) is 1.